The van der Waals surface area contributed by atoms with E-state index in [-0.39, 0.29) is 0 Å². The number of thiophene rings is 1. The van der Waals surface area contributed by atoms with Crippen LogP contribution in [0.2, 0.25) is 0 Å². The fourth-order valence-corrected chi connectivity index (χ4v) is 5.36. The Morgan fingerprint density at radius 1 is 1.17 bits per heavy atom. The van der Waals surface area contributed by atoms with Gasteiger partial charge in [-0.15, -0.1) is 11.3 Å². The molecule has 1 aliphatic carbocycles. The van der Waals surface area contributed by atoms with Crippen LogP contribution in [0.1, 0.15) is 69.3 Å². The van der Waals surface area contributed by atoms with Crippen LogP contribution in [-0.4, -0.2) is 28.7 Å². The molecule has 0 bridgehead atoms. The zero-order valence-corrected chi connectivity index (χ0v) is 17.0. The highest BCUT2D eigenvalue weighted by Crippen LogP contribution is 2.37. The zero-order chi connectivity index (χ0) is 20.5. The van der Waals surface area contributed by atoms with Crippen LogP contribution >= 0.6 is 11.3 Å². The molecule has 2 aliphatic rings. The maximum Gasteiger partial charge on any atom is 0.262 e. The number of carbonyl (C=O) groups is 3. The number of fused-ring (bicyclic) bond motifs is 2. The van der Waals surface area contributed by atoms with Crippen LogP contribution in [0.3, 0.4) is 0 Å². The molecule has 1 atom stereocenters. The van der Waals surface area contributed by atoms with Crippen molar-refractivity contribution in [2.75, 3.05) is 5.32 Å². The quantitative estimate of drug-likeness (QED) is 0.615. The number of benzene rings is 1. The van der Waals surface area contributed by atoms with E-state index in [1.165, 1.54) is 11.3 Å². The first kappa shape index (κ1) is 19.3. The van der Waals surface area contributed by atoms with E-state index in [4.69, 9.17) is 0 Å². The van der Waals surface area contributed by atoms with Gasteiger partial charge in [0.2, 0.25) is 5.91 Å². The summed E-state index contributed by atoms with van der Waals surface area (Å²) in [4.78, 5) is 40.8. The predicted octanol–water partition coefficient (Wildman–Crippen LogP) is 3.90. The number of carbonyl (C=O) groups excluding carboxylic acids is 3. The van der Waals surface area contributed by atoms with Crippen molar-refractivity contribution in [2.24, 2.45) is 0 Å². The molecule has 0 spiro atoms. The molecule has 0 saturated carbocycles. The summed E-state index contributed by atoms with van der Waals surface area (Å²) >= 11 is 1.44. The van der Waals surface area contributed by atoms with Gasteiger partial charge in [0.15, 0.2) is 0 Å². The summed E-state index contributed by atoms with van der Waals surface area (Å²) in [5, 5.41) is 13.0. The minimum Gasteiger partial charge on any atom is -0.315 e. The van der Waals surface area contributed by atoms with Crippen LogP contribution in [-0.2, 0) is 17.6 Å². The van der Waals surface area contributed by atoms with Crippen LogP contribution in [0.4, 0.5) is 5.00 Å². The first-order valence-corrected chi connectivity index (χ1v) is 10.7. The van der Waals surface area contributed by atoms with E-state index in [2.05, 4.69) is 11.4 Å². The van der Waals surface area contributed by atoms with Crippen molar-refractivity contribution in [1.29, 1.82) is 5.26 Å². The van der Waals surface area contributed by atoms with Crippen molar-refractivity contribution in [2.45, 2.75) is 51.5 Å². The molecule has 0 unspecified atom stereocenters. The Bertz CT molecular complexity index is 1020. The molecule has 1 N–H and O–H groups in total. The molecule has 1 aromatic heterocycles. The van der Waals surface area contributed by atoms with Crippen molar-refractivity contribution in [1.82, 2.24) is 4.90 Å². The van der Waals surface area contributed by atoms with Gasteiger partial charge in [-0.25, -0.2) is 0 Å². The molecule has 6 nitrogen and oxygen atoms in total. The lowest BCUT2D eigenvalue weighted by Gasteiger charge is -2.24. The summed E-state index contributed by atoms with van der Waals surface area (Å²) in [5.41, 5.74) is 2.21. The maximum atomic E-state index is 13.1. The summed E-state index contributed by atoms with van der Waals surface area (Å²) in [5.74, 6) is -1.33. The molecule has 1 aliphatic heterocycles. The van der Waals surface area contributed by atoms with Gasteiger partial charge in [-0.3, -0.25) is 19.3 Å². The predicted molar refractivity (Wildman–Crippen MR) is 110 cm³/mol. The summed E-state index contributed by atoms with van der Waals surface area (Å²) in [6.45, 7) is 1.77. The Morgan fingerprint density at radius 2 is 1.83 bits per heavy atom. The third-order valence-corrected chi connectivity index (χ3v) is 6.80. The summed E-state index contributed by atoms with van der Waals surface area (Å²) in [6.07, 6.45) is 5.33. The molecule has 0 fully saturated rings. The van der Waals surface area contributed by atoms with Gasteiger partial charge in [0.25, 0.3) is 11.8 Å². The smallest absolute Gasteiger partial charge is 0.262 e. The van der Waals surface area contributed by atoms with E-state index in [9.17, 15) is 19.6 Å². The number of anilines is 1. The highest BCUT2D eigenvalue weighted by Gasteiger charge is 2.42. The molecule has 29 heavy (non-hydrogen) atoms. The van der Waals surface area contributed by atoms with Crippen LogP contribution in [0, 0.1) is 11.3 Å². The van der Waals surface area contributed by atoms with Gasteiger partial charge < -0.3 is 5.32 Å². The van der Waals surface area contributed by atoms with E-state index in [0.29, 0.717) is 28.1 Å². The lowest BCUT2D eigenvalue weighted by Crippen LogP contribution is -2.46. The second-order valence-corrected chi connectivity index (χ2v) is 8.42. The van der Waals surface area contributed by atoms with E-state index in [1.807, 2.05) is 0 Å². The minimum atomic E-state index is -0.921. The Morgan fingerprint density at radius 3 is 2.45 bits per heavy atom. The third-order valence-electron chi connectivity index (χ3n) is 5.60. The van der Waals surface area contributed by atoms with Gasteiger partial charge in [-0.05, 0) is 49.8 Å². The fraction of sp³-hybridized carbons (Fsp3) is 0.364. The summed E-state index contributed by atoms with van der Waals surface area (Å²) in [7, 11) is 0. The lowest BCUT2D eigenvalue weighted by atomic mass is 10.1. The fourth-order valence-electron chi connectivity index (χ4n) is 4.12. The van der Waals surface area contributed by atoms with E-state index in [0.717, 1.165) is 47.4 Å². The van der Waals surface area contributed by atoms with Crippen molar-refractivity contribution >= 4 is 34.1 Å². The van der Waals surface area contributed by atoms with Crippen LogP contribution < -0.4 is 5.32 Å². The molecule has 2 aromatic rings. The summed E-state index contributed by atoms with van der Waals surface area (Å²) in [6, 6.07) is 7.93. The van der Waals surface area contributed by atoms with Gasteiger partial charge in [-0.1, -0.05) is 25.5 Å². The van der Waals surface area contributed by atoms with Crippen LogP contribution in [0.25, 0.3) is 0 Å². The molecule has 0 saturated heterocycles. The first-order valence-electron chi connectivity index (χ1n) is 9.89. The average molecular weight is 407 g/mol. The van der Waals surface area contributed by atoms with Gasteiger partial charge in [0, 0.05) is 4.88 Å². The third kappa shape index (κ3) is 3.23. The Kier molecular flexibility index (Phi) is 5.20. The molecular weight excluding hydrogens is 386 g/mol. The second kappa shape index (κ2) is 7.80. The molecule has 3 amide bonds. The number of rotatable bonds is 4. The SMILES string of the molecule is CC[C@@H](C(=O)Nc1sc2c(c1C#N)CCCCC2)N1C(=O)c2ccccc2C1=O. The highest BCUT2D eigenvalue weighted by molar-refractivity contribution is 7.16. The first-order chi connectivity index (χ1) is 14.1. The molecule has 2 heterocycles. The van der Waals surface area contributed by atoms with Crippen LogP contribution in [0.15, 0.2) is 24.3 Å². The molecular formula is C22H21N3O3S. The van der Waals surface area contributed by atoms with E-state index >= 15 is 0 Å². The van der Waals surface area contributed by atoms with Crippen molar-refractivity contribution in [3.8, 4) is 6.07 Å². The topological polar surface area (TPSA) is 90.3 Å². The van der Waals surface area contributed by atoms with E-state index < -0.39 is 23.8 Å². The number of nitrogens with zero attached hydrogens (tertiary/aromatic N) is 2. The van der Waals surface area contributed by atoms with Crippen molar-refractivity contribution < 1.29 is 14.4 Å². The Balaban J connectivity index is 1.61. The minimum absolute atomic E-state index is 0.296. The molecule has 7 heteroatoms. The van der Waals surface area contributed by atoms with Gasteiger partial charge in [-0.2, -0.15) is 5.26 Å². The number of hydrogen-bond acceptors (Lipinski definition) is 5. The molecule has 148 valence electrons. The Labute approximate surface area is 173 Å². The number of aryl methyl sites for hydroxylation is 1. The normalized spacial score (nSPS) is 16.6. The number of nitriles is 1. The number of amides is 3. The number of hydrogen-bond donors (Lipinski definition) is 1. The molecule has 4 rings (SSSR count). The highest BCUT2D eigenvalue weighted by atomic mass is 32.1. The molecule has 0 radical (unpaired) electrons. The number of nitrogens with one attached hydrogen (secondary N) is 1. The molecule has 1 aromatic carbocycles. The maximum absolute atomic E-state index is 13.1. The van der Waals surface area contributed by atoms with Crippen molar-refractivity contribution in [3.63, 3.8) is 0 Å². The second-order valence-electron chi connectivity index (χ2n) is 7.32. The van der Waals surface area contributed by atoms with Crippen molar-refractivity contribution in [3.05, 3.63) is 51.4 Å². The Hall–Kier alpha value is -2.98. The number of imide groups is 1. The van der Waals surface area contributed by atoms with Gasteiger partial charge in [0.05, 0.1) is 16.7 Å². The van der Waals surface area contributed by atoms with Crippen LogP contribution in [0.5, 0.6) is 0 Å². The van der Waals surface area contributed by atoms with Gasteiger partial charge >= 0.3 is 0 Å². The largest absolute Gasteiger partial charge is 0.315 e. The standard InChI is InChI=1S/C22H21N3O3S/c1-2-17(25-21(27)14-9-6-7-10-15(14)22(25)28)19(26)24-20-16(12-23)13-8-4-3-5-11-18(13)29-20/h6-7,9-10,17H,2-5,8,11H2,1H3,(H,24,26)/t17-/m0/s1. The van der Waals surface area contributed by atoms with Gasteiger partial charge in [0.1, 0.15) is 17.1 Å². The lowest BCUT2D eigenvalue weighted by molar-refractivity contribution is -0.120. The zero-order valence-electron chi connectivity index (χ0n) is 16.2. The average Bonchev–Trinajstić information content (AvgIpc) is 3.05. The monoisotopic (exact) mass is 407 g/mol. The summed E-state index contributed by atoms with van der Waals surface area (Å²) < 4.78 is 0. The van der Waals surface area contributed by atoms with E-state index in [1.54, 1.807) is 31.2 Å².